The Bertz CT molecular complexity index is 1500. The summed E-state index contributed by atoms with van der Waals surface area (Å²) in [6, 6.07) is 30.6. The molecule has 6 rings (SSSR count). The van der Waals surface area contributed by atoms with Gasteiger partial charge in [0.25, 0.3) is 0 Å². The summed E-state index contributed by atoms with van der Waals surface area (Å²) in [7, 11) is 0. The van der Waals surface area contributed by atoms with Gasteiger partial charge in [-0.3, -0.25) is 4.79 Å². The highest BCUT2D eigenvalue weighted by Gasteiger charge is 2.31. The summed E-state index contributed by atoms with van der Waals surface area (Å²) in [5.74, 6) is 0.882. The largest absolute Gasteiger partial charge is 0.339 e. The Morgan fingerprint density at radius 1 is 0.618 bits per heavy atom. The zero-order valence-corrected chi connectivity index (χ0v) is 18.0. The van der Waals surface area contributed by atoms with Crippen molar-refractivity contribution in [2.75, 3.05) is 0 Å². The van der Waals surface area contributed by atoms with Crippen LogP contribution < -0.4 is 9.68 Å². The minimum absolute atomic E-state index is 0.0963. The molecule has 164 valence electrons. The Morgan fingerprint density at radius 2 is 1.38 bits per heavy atom. The summed E-state index contributed by atoms with van der Waals surface area (Å²) in [5.41, 5.74) is 3.52. The molecule has 4 aromatic carbocycles. The standard InChI is InChI=1S/C29H19NO4/c31-29-26-19-21-10-5-6-14-23(21)25(26)17-18-28(29)34-30(32-22-12-2-1-3-13-22)33-27-16-8-11-20-9-4-7-15-24(20)27/h1-19H. The highest BCUT2D eigenvalue weighted by atomic mass is 17.2. The van der Waals surface area contributed by atoms with E-state index in [9.17, 15) is 4.79 Å². The molecule has 0 spiro atoms. The lowest BCUT2D eigenvalue weighted by atomic mass is 9.95. The molecule has 0 saturated heterocycles. The topological polar surface area (TPSA) is 48.0 Å². The fourth-order valence-corrected chi connectivity index (χ4v) is 4.11. The molecule has 5 nitrogen and oxygen atoms in total. The van der Waals surface area contributed by atoms with Gasteiger partial charge < -0.3 is 14.5 Å². The molecule has 0 fully saturated rings. The summed E-state index contributed by atoms with van der Waals surface area (Å²) in [6.07, 6.45) is 5.41. The van der Waals surface area contributed by atoms with Crippen LogP contribution in [0.1, 0.15) is 11.1 Å². The average molecular weight is 445 g/mol. The molecule has 0 aliphatic heterocycles. The lowest BCUT2D eigenvalue weighted by Crippen LogP contribution is -2.33. The van der Waals surface area contributed by atoms with Crippen molar-refractivity contribution in [3.63, 3.8) is 0 Å². The monoisotopic (exact) mass is 445 g/mol. The normalized spacial score (nSPS) is 14.1. The highest BCUT2D eigenvalue weighted by molar-refractivity contribution is 6.25. The number of hydrogen-bond acceptors (Lipinski definition) is 5. The average Bonchev–Trinajstić information content (AvgIpc) is 3.26. The van der Waals surface area contributed by atoms with Crippen LogP contribution in [-0.2, 0) is 9.63 Å². The fourth-order valence-electron chi connectivity index (χ4n) is 4.11. The van der Waals surface area contributed by atoms with Gasteiger partial charge in [0, 0.05) is 11.0 Å². The van der Waals surface area contributed by atoms with Gasteiger partial charge in [0.1, 0.15) is 0 Å². The minimum atomic E-state index is -0.239. The maximum absolute atomic E-state index is 13.3. The van der Waals surface area contributed by atoms with Gasteiger partial charge in [-0.2, -0.15) is 0 Å². The van der Waals surface area contributed by atoms with E-state index in [1.54, 1.807) is 18.2 Å². The lowest BCUT2D eigenvalue weighted by Gasteiger charge is -2.23. The van der Waals surface area contributed by atoms with Gasteiger partial charge in [0.15, 0.2) is 11.5 Å². The first kappa shape index (κ1) is 20.0. The zero-order chi connectivity index (χ0) is 22.9. The molecule has 4 aromatic rings. The summed E-state index contributed by atoms with van der Waals surface area (Å²) < 4.78 is 0. The van der Waals surface area contributed by atoms with Crippen LogP contribution in [0, 0.1) is 0 Å². The predicted octanol–water partition coefficient (Wildman–Crippen LogP) is 6.31. The molecule has 5 heteroatoms. The van der Waals surface area contributed by atoms with Crippen molar-refractivity contribution in [1.29, 1.82) is 0 Å². The molecule has 2 aliphatic carbocycles. The molecular formula is C29H19NO4. The van der Waals surface area contributed by atoms with Crippen LogP contribution in [0.5, 0.6) is 11.5 Å². The predicted molar refractivity (Wildman–Crippen MR) is 130 cm³/mol. The van der Waals surface area contributed by atoms with Crippen LogP contribution in [-0.4, -0.2) is 11.2 Å². The molecule has 0 radical (unpaired) electrons. The number of Topliss-reactive ketones (excluding diaryl/α,β-unsaturated/α-hetero) is 1. The van der Waals surface area contributed by atoms with Crippen molar-refractivity contribution in [3.8, 4) is 11.5 Å². The second kappa shape index (κ2) is 8.39. The van der Waals surface area contributed by atoms with E-state index in [0.717, 1.165) is 32.9 Å². The summed E-state index contributed by atoms with van der Waals surface area (Å²) in [4.78, 5) is 31.0. The van der Waals surface area contributed by atoms with E-state index < -0.39 is 0 Å². The Kier molecular flexibility index (Phi) is 4.94. The van der Waals surface area contributed by atoms with Crippen LogP contribution in [0.4, 0.5) is 0 Å². The fraction of sp³-hybridized carbons (Fsp3) is 0. The summed E-state index contributed by atoms with van der Waals surface area (Å²) in [6.45, 7) is 0. The third-order valence-electron chi connectivity index (χ3n) is 5.73. The molecule has 0 amide bonds. The smallest absolute Gasteiger partial charge is 0.234 e. The maximum Gasteiger partial charge on any atom is 0.234 e. The number of carbonyl (C=O) groups is 1. The lowest BCUT2D eigenvalue weighted by molar-refractivity contribution is -0.434. The summed E-state index contributed by atoms with van der Waals surface area (Å²) >= 11 is 0. The van der Waals surface area contributed by atoms with Gasteiger partial charge in [-0.25, -0.2) is 0 Å². The first-order chi connectivity index (χ1) is 16.8. The molecule has 2 aliphatic rings. The first-order valence-corrected chi connectivity index (χ1v) is 10.9. The number of ketones is 1. The molecule has 0 atom stereocenters. The molecule has 0 bridgehead atoms. The Labute approximate surface area is 196 Å². The van der Waals surface area contributed by atoms with E-state index in [2.05, 4.69) is 0 Å². The molecule has 0 heterocycles. The number of hydrogen-bond donors (Lipinski definition) is 0. The molecule has 0 unspecified atom stereocenters. The second-order valence-electron chi connectivity index (χ2n) is 7.87. The highest BCUT2D eigenvalue weighted by Crippen LogP contribution is 2.39. The van der Waals surface area contributed by atoms with Gasteiger partial charge in [-0.1, -0.05) is 78.9 Å². The maximum atomic E-state index is 13.3. The van der Waals surface area contributed by atoms with E-state index in [1.165, 1.54) is 0 Å². The van der Waals surface area contributed by atoms with Crippen LogP contribution in [0.25, 0.3) is 22.4 Å². The number of benzene rings is 4. The molecule has 0 saturated carbocycles. The number of fused-ring (bicyclic) bond motifs is 4. The van der Waals surface area contributed by atoms with Crippen LogP contribution in [0.2, 0.25) is 0 Å². The SMILES string of the molecule is O=C1C(ON(Oc2ccccc2)Oc2cccc3ccccc23)=CC=C2C1=Cc1ccccc12. The van der Waals surface area contributed by atoms with Crippen LogP contribution >= 0.6 is 0 Å². The Morgan fingerprint density at radius 3 is 2.29 bits per heavy atom. The molecule has 0 aromatic heterocycles. The first-order valence-electron chi connectivity index (χ1n) is 10.9. The second-order valence-corrected chi connectivity index (χ2v) is 7.87. The van der Waals surface area contributed by atoms with Gasteiger partial charge in [0.05, 0.1) is 0 Å². The number of carbonyl (C=O) groups excluding carboxylic acids is 1. The van der Waals surface area contributed by atoms with Crippen molar-refractivity contribution in [1.82, 2.24) is 5.39 Å². The van der Waals surface area contributed by atoms with Gasteiger partial charge in [-0.15, -0.1) is 0 Å². The third kappa shape index (κ3) is 3.64. The summed E-state index contributed by atoms with van der Waals surface area (Å²) in [5, 5.41) is 2.77. The van der Waals surface area contributed by atoms with Crippen molar-refractivity contribution in [2.24, 2.45) is 0 Å². The number of allylic oxidation sites excluding steroid dienone is 4. The van der Waals surface area contributed by atoms with Gasteiger partial charge in [0.2, 0.25) is 16.9 Å². The van der Waals surface area contributed by atoms with Crippen molar-refractivity contribution in [3.05, 3.63) is 132 Å². The van der Waals surface area contributed by atoms with E-state index >= 15 is 0 Å². The van der Waals surface area contributed by atoms with E-state index in [-0.39, 0.29) is 11.5 Å². The molecular weight excluding hydrogens is 426 g/mol. The zero-order valence-electron chi connectivity index (χ0n) is 18.0. The number of rotatable bonds is 6. The van der Waals surface area contributed by atoms with Crippen LogP contribution in [0.15, 0.2) is 121 Å². The Hall–Kier alpha value is -4.61. The van der Waals surface area contributed by atoms with Crippen molar-refractivity contribution >= 4 is 28.2 Å². The molecule has 34 heavy (non-hydrogen) atoms. The quantitative estimate of drug-likeness (QED) is 0.326. The third-order valence-corrected chi connectivity index (χ3v) is 5.73. The van der Waals surface area contributed by atoms with E-state index in [1.807, 2.05) is 97.1 Å². The number of para-hydroxylation sites is 1. The van der Waals surface area contributed by atoms with Gasteiger partial charge in [-0.05, 0) is 58.5 Å². The van der Waals surface area contributed by atoms with Gasteiger partial charge >= 0.3 is 0 Å². The van der Waals surface area contributed by atoms with E-state index in [0.29, 0.717) is 17.1 Å². The minimum Gasteiger partial charge on any atom is -0.339 e. The van der Waals surface area contributed by atoms with Crippen molar-refractivity contribution < 1.29 is 19.3 Å². The Balaban J connectivity index is 1.32. The van der Waals surface area contributed by atoms with Crippen LogP contribution in [0.3, 0.4) is 0 Å². The molecule has 0 N–H and O–H groups in total. The number of nitrogens with zero attached hydrogens (tertiary/aromatic N) is 1. The van der Waals surface area contributed by atoms with E-state index in [4.69, 9.17) is 14.5 Å². The van der Waals surface area contributed by atoms with Crippen molar-refractivity contribution in [2.45, 2.75) is 0 Å².